The Balaban J connectivity index is 1.80. The second-order valence-corrected chi connectivity index (χ2v) is 5.71. The number of hydrogen-bond acceptors (Lipinski definition) is 4. The summed E-state index contributed by atoms with van der Waals surface area (Å²) < 4.78 is 0. The van der Waals surface area contributed by atoms with Gasteiger partial charge in [-0.1, -0.05) is 13.0 Å². The zero-order valence-corrected chi connectivity index (χ0v) is 12.5. The van der Waals surface area contributed by atoms with Crippen molar-refractivity contribution in [1.82, 2.24) is 20.5 Å². The number of aryl methyl sites for hydroxylation is 1. The average molecular weight is 300 g/mol. The Morgan fingerprint density at radius 2 is 2.32 bits per heavy atom. The Morgan fingerprint density at radius 3 is 2.95 bits per heavy atom. The third-order valence-corrected chi connectivity index (χ3v) is 4.23. The molecule has 0 unspecified atom stereocenters. The first-order valence-corrected chi connectivity index (χ1v) is 7.61. The van der Waals surface area contributed by atoms with E-state index >= 15 is 0 Å². The number of rotatable bonds is 5. The summed E-state index contributed by atoms with van der Waals surface area (Å²) in [5.74, 6) is 0.0634. The van der Waals surface area contributed by atoms with Crippen molar-refractivity contribution in [2.24, 2.45) is 5.92 Å². The van der Waals surface area contributed by atoms with Gasteiger partial charge in [-0.2, -0.15) is 5.10 Å². The molecule has 0 radical (unpaired) electrons. The maximum Gasteiger partial charge on any atom is 0.255 e. The molecule has 3 N–H and O–H groups in total. The topological polar surface area (TPSA) is 90.9 Å². The molecule has 3 rings (SSSR count). The number of aromatic amines is 1. The van der Waals surface area contributed by atoms with E-state index in [1.165, 1.54) is 0 Å². The molecular formula is C16H20N4O2. The van der Waals surface area contributed by atoms with Gasteiger partial charge in [0, 0.05) is 11.9 Å². The molecule has 1 aliphatic carbocycles. The minimum atomic E-state index is -0.270. The van der Waals surface area contributed by atoms with Crippen LogP contribution in [0.2, 0.25) is 0 Å². The van der Waals surface area contributed by atoms with Crippen LogP contribution in [0.5, 0.6) is 0 Å². The van der Waals surface area contributed by atoms with Gasteiger partial charge in [0.05, 0.1) is 29.6 Å². The van der Waals surface area contributed by atoms with E-state index in [-0.39, 0.29) is 24.0 Å². The van der Waals surface area contributed by atoms with Crippen LogP contribution in [-0.2, 0) is 6.42 Å². The minimum absolute atomic E-state index is 0.150. The highest BCUT2D eigenvalue weighted by Crippen LogP contribution is 2.37. The van der Waals surface area contributed by atoms with Gasteiger partial charge in [-0.15, -0.1) is 0 Å². The number of amides is 1. The molecule has 6 nitrogen and oxygen atoms in total. The summed E-state index contributed by atoms with van der Waals surface area (Å²) >= 11 is 0. The molecule has 0 bridgehead atoms. The van der Waals surface area contributed by atoms with Crippen LogP contribution in [0.3, 0.4) is 0 Å². The third kappa shape index (κ3) is 2.87. The zero-order chi connectivity index (χ0) is 15.5. The van der Waals surface area contributed by atoms with Gasteiger partial charge >= 0.3 is 0 Å². The quantitative estimate of drug-likeness (QED) is 0.782. The monoisotopic (exact) mass is 300 g/mol. The molecule has 2 aromatic heterocycles. The van der Waals surface area contributed by atoms with Crippen LogP contribution >= 0.6 is 0 Å². The lowest BCUT2D eigenvalue weighted by Crippen LogP contribution is -2.41. The van der Waals surface area contributed by atoms with Gasteiger partial charge in [-0.3, -0.25) is 14.9 Å². The average Bonchev–Trinajstić information content (AvgIpc) is 2.99. The van der Waals surface area contributed by atoms with E-state index in [9.17, 15) is 9.90 Å². The molecule has 1 saturated carbocycles. The molecular weight excluding hydrogens is 280 g/mol. The zero-order valence-electron chi connectivity index (χ0n) is 12.5. The minimum Gasteiger partial charge on any atom is -0.393 e. The Bertz CT molecular complexity index is 635. The van der Waals surface area contributed by atoms with Gasteiger partial charge in [-0.25, -0.2) is 0 Å². The van der Waals surface area contributed by atoms with Crippen molar-refractivity contribution in [3.05, 3.63) is 47.5 Å². The highest BCUT2D eigenvalue weighted by Gasteiger charge is 2.36. The summed E-state index contributed by atoms with van der Waals surface area (Å²) in [7, 11) is 0. The van der Waals surface area contributed by atoms with Crippen molar-refractivity contribution in [3.8, 4) is 0 Å². The Hall–Kier alpha value is -2.21. The first-order valence-electron chi connectivity index (χ1n) is 7.61. The maximum atomic E-state index is 12.5. The summed E-state index contributed by atoms with van der Waals surface area (Å²) in [6.45, 7) is 1.98. The van der Waals surface area contributed by atoms with Gasteiger partial charge in [0.2, 0.25) is 0 Å². The number of aromatic nitrogens is 3. The summed E-state index contributed by atoms with van der Waals surface area (Å²) in [5.41, 5.74) is 2.23. The van der Waals surface area contributed by atoms with Crippen molar-refractivity contribution in [3.63, 3.8) is 0 Å². The SMILES string of the molecule is CCc1[nH]ncc1C(=O)N[C@H](c1ccccn1)C1CC(O)C1. The fourth-order valence-corrected chi connectivity index (χ4v) is 2.89. The number of nitrogens with one attached hydrogen (secondary N) is 2. The fraction of sp³-hybridized carbons (Fsp3) is 0.438. The molecule has 1 fully saturated rings. The van der Waals surface area contributed by atoms with Crippen molar-refractivity contribution >= 4 is 5.91 Å². The maximum absolute atomic E-state index is 12.5. The molecule has 0 saturated heterocycles. The van der Waals surface area contributed by atoms with Crippen LogP contribution in [0.4, 0.5) is 0 Å². The molecule has 1 aliphatic rings. The van der Waals surface area contributed by atoms with Crippen LogP contribution in [0.15, 0.2) is 30.6 Å². The van der Waals surface area contributed by atoms with Crippen LogP contribution in [0.25, 0.3) is 0 Å². The molecule has 2 heterocycles. The summed E-state index contributed by atoms with van der Waals surface area (Å²) in [4.78, 5) is 16.9. The second-order valence-electron chi connectivity index (χ2n) is 5.71. The standard InChI is InChI=1S/C16H20N4O2/c1-2-13-12(9-18-20-13)16(22)19-15(10-7-11(21)8-10)14-5-3-4-6-17-14/h3-6,9-11,15,21H,2,7-8H2,1H3,(H,18,20)(H,19,22)/t10?,11?,15-/m0/s1. The Labute approximate surface area is 129 Å². The smallest absolute Gasteiger partial charge is 0.255 e. The van der Waals surface area contributed by atoms with Gasteiger partial charge in [0.25, 0.3) is 5.91 Å². The Kier molecular flexibility index (Phi) is 4.20. The normalized spacial score (nSPS) is 21.9. The molecule has 1 atom stereocenters. The number of carbonyl (C=O) groups is 1. The van der Waals surface area contributed by atoms with Crippen LogP contribution < -0.4 is 5.32 Å². The van der Waals surface area contributed by atoms with Gasteiger partial charge < -0.3 is 10.4 Å². The number of hydrogen-bond donors (Lipinski definition) is 3. The molecule has 0 aliphatic heterocycles. The van der Waals surface area contributed by atoms with Crippen LogP contribution in [-0.4, -0.2) is 32.3 Å². The van der Waals surface area contributed by atoms with Crippen molar-refractivity contribution < 1.29 is 9.90 Å². The van der Waals surface area contributed by atoms with E-state index in [0.717, 1.165) is 17.8 Å². The van der Waals surface area contributed by atoms with Gasteiger partial charge in [0.15, 0.2) is 0 Å². The number of H-pyrrole nitrogens is 1. The fourth-order valence-electron chi connectivity index (χ4n) is 2.89. The third-order valence-electron chi connectivity index (χ3n) is 4.23. The van der Waals surface area contributed by atoms with Crippen molar-refractivity contribution in [2.75, 3.05) is 0 Å². The molecule has 6 heteroatoms. The molecule has 22 heavy (non-hydrogen) atoms. The predicted octanol–water partition coefficient (Wildman–Crippen LogP) is 1.61. The molecule has 2 aromatic rings. The van der Waals surface area contributed by atoms with Crippen LogP contribution in [0.1, 0.15) is 47.6 Å². The molecule has 0 aromatic carbocycles. The van der Waals surface area contributed by atoms with Gasteiger partial charge in [-0.05, 0) is 37.3 Å². The number of carbonyl (C=O) groups excluding carboxylic acids is 1. The molecule has 0 spiro atoms. The first-order chi connectivity index (χ1) is 10.7. The van der Waals surface area contributed by atoms with E-state index < -0.39 is 0 Å². The molecule has 116 valence electrons. The lowest BCUT2D eigenvalue weighted by Gasteiger charge is -2.37. The summed E-state index contributed by atoms with van der Waals surface area (Å²) in [5, 5.41) is 19.4. The predicted molar refractivity (Wildman–Crippen MR) is 81.1 cm³/mol. The van der Waals surface area contributed by atoms with Crippen molar-refractivity contribution in [2.45, 2.75) is 38.3 Å². The second kappa shape index (κ2) is 6.27. The van der Waals surface area contributed by atoms with Crippen molar-refractivity contribution in [1.29, 1.82) is 0 Å². The summed E-state index contributed by atoms with van der Waals surface area (Å²) in [6, 6.07) is 5.48. The highest BCUT2D eigenvalue weighted by atomic mass is 16.3. The van der Waals surface area contributed by atoms with E-state index in [1.807, 2.05) is 25.1 Å². The number of aliphatic hydroxyl groups excluding tert-OH is 1. The van der Waals surface area contributed by atoms with Gasteiger partial charge in [0.1, 0.15) is 0 Å². The largest absolute Gasteiger partial charge is 0.393 e. The number of aliphatic hydroxyl groups is 1. The van der Waals surface area contributed by atoms with E-state index in [0.29, 0.717) is 18.4 Å². The van der Waals surface area contributed by atoms with Crippen LogP contribution in [0, 0.1) is 5.92 Å². The Morgan fingerprint density at radius 1 is 1.50 bits per heavy atom. The lowest BCUT2D eigenvalue weighted by molar-refractivity contribution is 0.0228. The van der Waals surface area contributed by atoms with E-state index in [4.69, 9.17) is 0 Å². The van der Waals surface area contributed by atoms with E-state index in [2.05, 4.69) is 20.5 Å². The number of pyridine rings is 1. The van der Waals surface area contributed by atoms with E-state index in [1.54, 1.807) is 12.4 Å². The first kappa shape index (κ1) is 14.7. The number of nitrogens with zero attached hydrogens (tertiary/aromatic N) is 2. The molecule has 1 amide bonds. The lowest BCUT2D eigenvalue weighted by atomic mass is 9.76. The highest BCUT2D eigenvalue weighted by molar-refractivity contribution is 5.95. The summed E-state index contributed by atoms with van der Waals surface area (Å²) in [6.07, 6.45) is 5.10.